The maximum Gasteiger partial charge on any atom is 0.163 e. The molecule has 6 heterocycles. The molecule has 3 aromatic heterocycles. The van der Waals surface area contributed by atoms with E-state index < -0.39 is 0 Å². The highest BCUT2D eigenvalue weighted by Gasteiger charge is 2.36. The molecule has 7 rings (SSSR count). The van der Waals surface area contributed by atoms with E-state index in [-0.39, 0.29) is 5.82 Å². The van der Waals surface area contributed by atoms with Gasteiger partial charge in [-0.1, -0.05) is 0 Å². The van der Waals surface area contributed by atoms with Gasteiger partial charge >= 0.3 is 0 Å². The molecule has 0 spiro atoms. The molecule has 4 aromatic rings. The highest BCUT2D eigenvalue weighted by atomic mass is 32.1. The number of nitrogens with one attached hydrogen (secondary N) is 2. The number of thiophene rings is 1. The van der Waals surface area contributed by atoms with Crippen LogP contribution in [-0.4, -0.2) is 72.3 Å². The monoisotopic (exact) mass is 478 g/mol. The topological polar surface area (TPSA) is 69.3 Å². The van der Waals surface area contributed by atoms with Gasteiger partial charge in [0.25, 0.3) is 0 Å². The lowest BCUT2D eigenvalue weighted by atomic mass is 10.0. The first kappa shape index (κ1) is 20.8. The Labute approximate surface area is 200 Å². The first-order valence-corrected chi connectivity index (χ1v) is 12.9. The number of aromatic nitrogens is 3. The van der Waals surface area contributed by atoms with Crippen LogP contribution >= 0.6 is 11.3 Å². The molecule has 0 saturated carbocycles. The van der Waals surface area contributed by atoms with Crippen molar-refractivity contribution in [1.29, 1.82) is 0 Å². The van der Waals surface area contributed by atoms with Crippen molar-refractivity contribution in [1.82, 2.24) is 25.2 Å². The van der Waals surface area contributed by atoms with Gasteiger partial charge in [0.2, 0.25) is 0 Å². The molecule has 1 aromatic carbocycles. The van der Waals surface area contributed by atoms with Crippen LogP contribution in [-0.2, 0) is 11.3 Å². The number of morpholine rings is 1. The third-order valence-electron chi connectivity index (χ3n) is 7.43. The SMILES string of the molecule is Fc1cc(-c2nc(N3CCOCC3)c3sc(CN4CC5CNCC5C4)cc3n2)c2cc[nH]c2c1. The zero-order valence-corrected chi connectivity index (χ0v) is 19.7. The molecule has 2 atom stereocenters. The van der Waals surface area contributed by atoms with Gasteiger partial charge in [0.15, 0.2) is 11.6 Å². The maximum absolute atomic E-state index is 14.4. The van der Waals surface area contributed by atoms with Crippen molar-refractivity contribution < 1.29 is 9.13 Å². The first-order valence-electron chi connectivity index (χ1n) is 12.0. The number of likely N-dealkylation sites (tertiary alicyclic amines) is 1. The lowest BCUT2D eigenvalue weighted by molar-refractivity contribution is 0.122. The van der Waals surface area contributed by atoms with Crippen LogP contribution in [0.15, 0.2) is 30.5 Å². The number of rotatable bonds is 4. The fourth-order valence-electron chi connectivity index (χ4n) is 5.77. The molecule has 0 aliphatic carbocycles. The summed E-state index contributed by atoms with van der Waals surface area (Å²) in [7, 11) is 0. The zero-order chi connectivity index (χ0) is 22.6. The number of halogens is 1. The molecule has 0 radical (unpaired) electrons. The van der Waals surface area contributed by atoms with Crippen molar-refractivity contribution in [2.75, 3.05) is 57.4 Å². The maximum atomic E-state index is 14.4. The minimum Gasteiger partial charge on any atom is -0.378 e. The largest absolute Gasteiger partial charge is 0.378 e. The fourth-order valence-corrected chi connectivity index (χ4v) is 6.93. The highest BCUT2D eigenvalue weighted by Crippen LogP contribution is 2.37. The second kappa shape index (κ2) is 8.27. The first-order chi connectivity index (χ1) is 16.7. The molecule has 2 unspecified atom stereocenters. The van der Waals surface area contributed by atoms with Crippen LogP contribution < -0.4 is 10.2 Å². The van der Waals surface area contributed by atoms with Gasteiger partial charge in [0.1, 0.15) is 5.82 Å². The molecule has 3 aliphatic heterocycles. The number of aromatic amines is 1. The number of fused-ring (bicyclic) bond motifs is 3. The summed E-state index contributed by atoms with van der Waals surface area (Å²) in [4.78, 5) is 19.3. The highest BCUT2D eigenvalue weighted by molar-refractivity contribution is 7.19. The standard InChI is InChI=1S/C25H27FN6OS/c26-17-7-20(19-1-2-28-21(19)8-17)24-29-22-9-18(14-31-12-15-10-27-11-16(15)13-31)34-23(22)25(30-24)32-3-5-33-6-4-32/h1-2,7-9,15-16,27-28H,3-6,10-14H2. The average molecular weight is 479 g/mol. The Balaban J connectivity index is 1.31. The summed E-state index contributed by atoms with van der Waals surface area (Å²) in [6, 6.07) is 7.24. The number of ether oxygens (including phenoxy) is 1. The van der Waals surface area contributed by atoms with E-state index in [2.05, 4.69) is 26.2 Å². The predicted molar refractivity (Wildman–Crippen MR) is 133 cm³/mol. The Bertz CT molecular complexity index is 1350. The van der Waals surface area contributed by atoms with E-state index in [1.54, 1.807) is 17.4 Å². The Kier molecular flexibility index (Phi) is 5.05. The molecule has 176 valence electrons. The van der Waals surface area contributed by atoms with Crippen LogP contribution in [0.2, 0.25) is 0 Å². The van der Waals surface area contributed by atoms with Crippen molar-refractivity contribution in [3.8, 4) is 11.4 Å². The predicted octanol–water partition coefficient (Wildman–Crippen LogP) is 3.47. The van der Waals surface area contributed by atoms with Gasteiger partial charge in [0.05, 0.1) is 23.4 Å². The Morgan fingerprint density at radius 3 is 2.74 bits per heavy atom. The summed E-state index contributed by atoms with van der Waals surface area (Å²) in [5.41, 5.74) is 2.42. The molecule has 0 bridgehead atoms. The van der Waals surface area contributed by atoms with Crippen LogP contribution in [0.25, 0.3) is 32.5 Å². The second-order valence-electron chi connectivity index (χ2n) is 9.66. The van der Waals surface area contributed by atoms with Crippen LogP contribution in [0.4, 0.5) is 10.2 Å². The molecule has 3 saturated heterocycles. The molecular weight excluding hydrogens is 451 g/mol. The number of H-pyrrole nitrogens is 1. The minimum absolute atomic E-state index is 0.290. The molecule has 3 aliphatic rings. The van der Waals surface area contributed by atoms with E-state index in [1.807, 2.05) is 12.3 Å². The van der Waals surface area contributed by atoms with Gasteiger partial charge in [-0.05, 0) is 49.2 Å². The number of benzene rings is 1. The van der Waals surface area contributed by atoms with Gasteiger partial charge in [-0.3, -0.25) is 4.90 Å². The lowest BCUT2D eigenvalue weighted by Gasteiger charge is -2.28. The summed E-state index contributed by atoms with van der Waals surface area (Å²) >= 11 is 1.80. The summed E-state index contributed by atoms with van der Waals surface area (Å²) in [6.45, 7) is 8.52. The minimum atomic E-state index is -0.290. The molecule has 0 amide bonds. The lowest BCUT2D eigenvalue weighted by Crippen LogP contribution is -2.36. The Hall–Kier alpha value is -2.59. The number of nitrogens with zero attached hydrogens (tertiary/aromatic N) is 4. The van der Waals surface area contributed by atoms with Crippen LogP contribution in [0.5, 0.6) is 0 Å². The summed E-state index contributed by atoms with van der Waals surface area (Å²) in [5.74, 6) is 2.78. The van der Waals surface area contributed by atoms with Crippen molar-refractivity contribution in [3.63, 3.8) is 0 Å². The van der Waals surface area contributed by atoms with E-state index in [1.165, 1.54) is 10.9 Å². The van der Waals surface area contributed by atoms with E-state index in [0.717, 1.165) is 90.1 Å². The molecular formula is C25H27FN6OS. The van der Waals surface area contributed by atoms with E-state index in [9.17, 15) is 4.39 Å². The fraction of sp³-hybridized carbons (Fsp3) is 0.440. The van der Waals surface area contributed by atoms with Crippen molar-refractivity contribution in [3.05, 3.63) is 41.2 Å². The second-order valence-corrected chi connectivity index (χ2v) is 10.8. The zero-order valence-electron chi connectivity index (χ0n) is 18.9. The van der Waals surface area contributed by atoms with Crippen LogP contribution in [0, 0.1) is 17.7 Å². The molecule has 2 N–H and O–H groups in total. The van der Waals surface area contributed by atoms with Crippen molar-refractivity contribution in [2.45, 2.75) is 6.54 Å². The van der Waals surface area contributed by atoms with Gasteiger partial charge < -0.3 is 19.9 Å². The van der Waals surface area contributed by atoms with E-state index in [0.29, 0.717) is 19.0 Å². The Morgan fingerprint density at radius 1 is 1.09 bits per heavy atom. The average Bonchev–Trinajstić information content (AvgIpc) is 3.62. The van der Waals surface area contributed by atoms with Crippen molar-refractivity contribution >= 4 is 38.3 Å². The summed E-state index contributed by atoms with van der Waals surface area (Å²) < 4.78 is 21.2. The molecule has 34 heavy (non-hydrogen) atoms. The summed E-state index contributed by atoms with van der Waals surface area (Å²) in [5, 5.41) is 4.46. The normalized spacial score (nSPS) is 23.4. The van der Waals surface area contributed by atoms with Gasteiger partial charge in [-0.15, -0.1) is 11.3 Å². The van der Waals surface area contributed by atoms with E-state index in [4.69, 9.17) is 14.7 Å². The van der Waals surface area contributed by atoms with Crippen LogP contribution in [0.1, 0.15) is 4.88 Å². The smallest absolute Gasteiger partial charge is 0.163 e. The van der Waals surface area contributed by atoms with Gasteiger partial charge in [-0.25, -0.2) is 14.4 Å². The van der Waals surface area contributed by atoms with Gasteiger partial charge in [-0.2, -0.15) is 0 Å². The summed E-state index contributed by atoms with van der Waals surface area (Å²) in [6.07, 6.45) is 1.83. The van der Waals surface area contributed by atoms with E-state index >= 15 is 0 Å². The number of hydrogen-bond donors (Lipinski definition) is 2. The number of hydrogen-bond acceptors (Lipinski definition) is 7. The quantitative estimate of drug-likeness (QED) is 0.468. The number of anilines is 1. The van der Waals surface area contributed by atoms with Gasteiger partial charge in [0, 0.05) is 60.3 Å². The molecule has 7 nitrogen and oxygen atoms in total. The third kappa shape index (κ3) is 3.58. The molecule has 3 fully saturated rings. The van der Waals surface area contributed by atoms with Crippen molar-refractivity contribution in [2.24, 2.45) is 11.8 Å². The third-order valence-corrected chi connectivity index (χ3v) is 8.54. The van der Waals surface area contributed by atoms with Crippen LogP contribution in [0.3, 0.4) is 0 Å². The molecule has 9 heteroatoms. The Morgan fingerprint density at radius 2 is 1.91 bits per heavy atom.